The first kappa shape index (κ1) is 26.4. The van der Waals surface area contributed by atoms with Gasteiger partial charge in [0.05, 0.1) is 19.5 Å². The van der Waals surface area contributed by atoms with Crippen LogP contribution in [0.5, 0.6) is 0 Å². The van der Waals surface area contributed by atoms with Crippen molar-refractivity contribution >= 4 is 28.9 Å². The maximum Gasteiger partial charge on any atom is 0.337 e. The third-order valence-electron chi connectivity index (χ3n) is 7.21. The van der Waals surface area contributed by atoms with Crippen LogP contribution in [0.3, 0.4) is 0 Å². The van der Waals surface area contributed by atoms with Crippen molar-refractivity contribution in [2.45, 2.75) is 75.0 Å². The number of aliphatic hydroxyl groups excluding tert-OH is 1. The molecule has 5 rings (SSSR count). The number of nitrogens with zero attached hydrogens (tertiary/aromatic N) is 4. The Hall–Kier alpha value is -3.21. The lowest BCUT2D eigenvalue weighted by Gasteiger charge is -2.52. The molecule has 0 spiro atoms. The molecule has 0 radical (unpaired) electrons. The number of allylic oxidation sites excluding steroid dienone is 1. The summed E-state index contributed by atoms with van der Waals surface area (Å²) >= 11 is 0. The average Bonchev–Trinajstić information content (AvgIpc) is 3.49. The third kappa shape index (κ3) is 4.02. The van der Waals surface area contributed by atoms with Gasteiger partial charge in [-0.3, -0.25) is 4.57 Å². The van der Waals surface area contributed by atoms with E-state index in [-0.39, 0.29) is 17.8 Å². The summed E-state index contributed by atoms with van der Waals surface area (Å²) in [5, 5.41) is 22.7. The van der Waals surface area contributed by atoms with Crippen LogP contribution in [-0.4, -0.2) is 104 Å². The van der Waals surface area contributed by atoms with Gasteiger partial charge < -0.3 is 44.4 Å². The minimum atomic E-state index is -2.35. The largest absolute Gasteiger partial charge is 0.467 e. The zero-order chi connectivity index (χ0) is 27.4. The first-order valence-corrected chi connectivity index (χ1v) is 11.9. The number of aliphatic hydroxyl groups is 2. The Bertz CT molecular complexity index is 1270. The smallest absolute Gasteiger partial charge is 0.337 e. The second kappa shape index (κ2) is 9.83. The topological polar surface area (TPSA) is 200 Å². The molecule has 5 heterocycles. The number of carbonyl (C=O) groups is 2. The van der Waals surface area contributed by atoms with E-state index < -0.39 is 66.7 Å². The highest BCUT2D eigenvalue weighted by Gasteiger charge is 2.67. The molecule has 2 aromatic rings. The van der Waals surface area contributed by atoms with Crippen molar-refractivity contribution in [3.05, 3.63) is 24.3 Å². The molecule has 0 saturated carbocycles. The Morgan fingerprint density at radius 3 is 2.71 bits per heavy atom. The average molecular weight is 536 g/mol. The molecular formula is C23H29N5O10. The number of nitrogen functional groups attached to an aromatic ring is 1. The molecule has 3 saturated heterocycles. The second-order valence-corrected chi connectivity index (χ2v) is 9.28. The van der Waals surface area contributed by atoms with Gasteiger partial charge in [0.1, 0.15) is 36.3 Å². The molecule has 2 aromatic heterocycles. The summed E-state index contributed by atoms with van der Waals surface area (Å²) in [7, 11) is 2.56. The van der Waals surface area contributed by atoms with Gasteiger partial charge in [-0.1, -0.05) is 6.08 Å². The van der Waals surface area contributed by atoms with Gasteiger partial charge >= 0.3 is 11.9 Å². The standard InChI is InChI=1S/C23H29N5O10/c1-5-9(2)21(30)37-17-13(29)15(22(31)34-4)36-11-6-10-14(38-23(11,17)32)16(33-3)20(35-10)28-8-27-12-18(24)25-7-26-19(12)28/h5,7-8,10-11,13-17,20,29,32H,6H2,1-4H3,(H2,24,25,26)/b9-5+/t10-,11-,13-,14+,15+,16-,17-,20-,23+/m1/s1. The third-order valence-corrected chi connectivity index (χ3v) is 7.21. The van der Waals surface area contributed by atoms with Gasteiger partial charge in [0.2, 0.25) is 5.79 Å². The summed E-state index contributed by atoms with van der Waals surface area (Å²) in [5.74, 6) is -3.89. The van der Waals surface area contributed by atoms with E-state index in [0.717, 1.165) is 7.11 Å². The van der Waals surface area contributed by atoms with Crippen LogP contribution >= 0.6 is 0 Å². The van der Waals surface area contributed by atoms with Crippen molar-refractivity contribution in [3.63, 3.8) is 0 Å². The number of anilines is 1. The Kier molecular flexibility index (Phi) is 6.83. The number of esters is 2. The van der Waals surface area contributed by atoms with E-state index in [1.54, 1.807) is 11.5 Å². The number of hydrogen-bond acceptors (Lipinski definition) is 14. The van der Waals surface area contributed by atoms with E-state index in [1.807, 2.05) is 0 Å². The highest BCUT2D eigenvalue weighted by Crippen LogP contribution is 2.47. The number of nitrogens with two attached hydrogens (primary N) is 1. The SMILES string of the molecule is C/C=C(\C)C(=O)O[C@@H]1[C@H](O)[C@@H](C(=O)OC)O[C@@H]2C[C@H]3O[C@@H](n4cnc5c(N)ncnc54)[C@H](OC)[C@H]3O[C@]12O. The molecule has 4 N–H and O–H groups in total. The Morgan fingerprint density at radius 2 is 2.03 bits per heavy atom. The Balaban J connectivity index is 1.50. The zero-order valence-corrected chi connectivity index (χ0v) is 21.1. The number of aromatic nitrogens is 4. The van der Waals surface area contributed by atoms with Gasteiger partial charge in [-0.05, 0) is 13.8 Å². The molecule has 3 aliphatic heterocycles. The van der Waals surface area contributed by atoms with Crippen LogP contribution in [-0.2, 0) is 38.0 Å². The lowest BCUT2D eigenvalue weighted by molar-refractivity contribution is -0.397. The highest BCUT2D eigenvalue weighted by molar-refractivity contribution is 5.88. The lowest BCUT2D eigenvalue weighted by atomic mass is 9.84. The molecule has 3 fully saturated rings. The minimum absolute atomic E-state index is 0.00184. The fraction of sp³-hybridized carbons (Fsp3) is 0.609. The van der Waals surface area contributed by atoms with Crippen molar-refractivity contribution in [1.82, 2.24) is 19.5 Å². The van der Waals surface area contributed by atoms with Gasteiger partial charge in [-0.15, -0.1) is 0 Å². The summed E-state index contributed by atoms with van der Waals surface area (Å²) in [5.41, 5.74) is 6.90. The van der Waals surface area contributed by atoms with Crippen molar-refractivity contribution in [2.75, 3.05) is 20.0 Å². The van der Waals surface area contributed by atoms with E-state index in [4.69, 9.17) is 34.2 Å². The minimum Gasteiger partial charge on any atom is -0.467 e. The molecule has 15 heteroatoms. The van der Waals surface area contributed by atoms with Gasteiger partial charge in [0.15, 0.2) is 29.9 Å². The van der Waals surface area contributed by atoms with E-state index in [9.17, 15) is 19.8 Å². The van der Waals surface area contributed by atoms with E-state index in [1.165, 1.54) is 32.8 Å². The van der Waals surface area contributed by atoms with Crippen LogP contribution in [0.4, 0.5) is 5.82 Å². The molecule has 15 nitrogen and oxygen atoms in total. The summed E-state index contributed by atoms with van der Waals surface area (Å²) in [6, 6.07) is 0. The molecule has 0 aromatic carbocycles. The Labute approximate surface area is 216 Å². The number of hydrogen-bond donors (Lipinski definition) is 3. The van der Waals surface area contributed by atoms with Crippen molar-refractivity contribution < 1.29 is 48.2 Å². The van der Waals surface area contributed by atoms with Crippen molar-refractivity contribution in [2.24, 2.45) is 0 Å². The van der Waals surface area contributed by atoms with E-state index in [2.05, 4.69) is 15.0 Å². The molecule has 0 amide bonds. The highest BCUT2D eigenvalue weighted by atomic mass is 16.7. The number of methoxy groups -OCH3 is 2. The van der Waals surface area contributed by atoms with Gasteiger partial charge in [-0.25, -0.2) is 24.5 Å². The van der Waals surface area contributed by atoms with Crippen LogP contribution in [0.1, 0.15) is 26.5 Å². The molecule has 9 atom stereocenters. The molecule has 0 aliphatic carbocycles. The monoisotopic (exact) mass is 535 g/mol. The predicted octanol–water partition coefficient (Wildman–Crippen LogP) is -1.02. The van der Waals surface area contributed by atoms with Crippen LogP contribution in [0.15, 0.2) is 24.3 Å². The van der Waals surface area contributed by atoms with Crippen molar-refractivity contribution in [3.8, 4) is 0 Å². The first-order chi connectivity index (χ1) is 18.1. The second-order valence-electron chi connectivity index (χ2n) is 9.28. The molecule has 0 unspecified atom stereocenters. The van der Waals surface area contributed by atoms with E-state index >= 15 is 0 Å². The maximum absolute atomic E-state index is 12.7. The molecule has 0 bridgehead atoms. The van der Waals surface area contributed by atoms with Crippen molar-refractivity contribution in [1.29, 1.82) is 0 Å². The molecule has 206 valence electrons. The van der Waals surface area contributed by atoms with Crippen LogP contribution in [0, 0.1) is 0 Å². The number of fused-ring (bicyclic) bond motifs is 3. The fourth-order valence-corrected chi connectivity index (χ4v) is 5.10. The Morgan fingerprint density at radius 1 is 1.26 bits per heavy atom. The summed E-state index contributed by atoms with van der Waals surface area (Å²) in [6.07, 6.45) is -5.25. The lowest BCUT2D eigenvalue weighted by Crippen LogP contribution is -2.73. The summed E-state index contributed by atoms with van der Waals surface area (Å²) in [4.78, 5) is 37.5. The molecule has 3 aliphatic rings. The normalized spacial score (nSPS) is 36.9. The van der Waals surface area contributed by atoms with Crippen LogP contribution < -0.4 is 5.73 Å². The summed E-state index contributed by atoms with van der Waals surface area (Å²) < 4.78 is 35.7. The maximum atomic E-state index is 12.7. The van der Waals surface area contributed by atoms with Crippen LogP contribution in [0.25, 0.3) is 11.2 Å². The van der Waals surface area contributed by atoms with Gasteiger partial charge in [0, 0.05) is 19.1 Å². The zero-order valence-electron chi connectivity index (χ0n) is 21.1. The van der Waals surface area contributed by atoms with Crippen LogP contribution in [0.2, 0.25) is 0 Å². The molecular weight excluding hydrogens is 506 g/mol. The number of ether oxygens (including phenoxy) is 6. The quantitative estimate of drug-likeness (QED) is 0.310. The van der Waals surface area contributed by atoms with E-state index in [0.29, 0.717) is 11.2 Å². The number of carbonyl (C=O) groups excluding carboxylic acids is 2. The summed E-state index contributed by atoms with van der Waals surface area (Å²) in [6.45, 7) is 3.14. The number of imidazole rings is 1. The number of rotatable bonds is 5. The molecule has 38 heavy (non-hydrogen) atoms. The fourth-order valence-electron chi connectivity index (χ4n) is 5.10. The predicted molar refractivity (Wildman–Crippen MR) is 125 cm³/mol. The van der Waals surface area contributed by atoms with Gasteiger partial charge in [0.25, 0.3) is 0 Å². The first-order valence-electron chi connectivity index (χ1n) is 11.9. The van der Waals surface area contributed by atoms with Gasteiger partial charge in [-0.2, -0.15) is 0 Å².